The molecule has 0 amide bonds. The number of hydrogen-bond donors (Lipinski definition) is 1. The molecule has 3 rings (SSSR count). The van der Waals surface area contributed by atoms with E-state index in [4.69, 9.17) is 4.74 Å². The molecule has 2 heteroatoms. The van der Waals surface area contributed by atoms with E-state index in [9.17, 15) is 5.11 Å². The summed E-state index contributed by atoms with van der Waals surface area (Å²) in [4.78, 5) is 0. The van der Waals surface area contributed by atoms with Crippen LogP contribution in [0.4, 0.5) is 0 Å². The number of aliphatic hydroxyl groups is 1. The molecule has 1 aliphatic carbocycles. The van der Waals surface area contributed by atoms with Crippen LogP contribution in [0, 0.1) is 0 Å². The molecule has 21 heavy (non-hydrogen) atoms. The number of fused-ring (bicyclic) bond motifs is 1. The molecule has 0 spiro atoms. The summed E-state index contributed by atoms with van der Waals surface area (Å²) in [5.41, 5.74) is 2.87. The molecule has 2 atom stereocenters. The summed E-state index contributed by atoms with van der Waals surface area (Å²) in [5.74, 6) is 1.28. The molecular weight excluding hydrogens is 260 g/mol. The Morgan fingerprint density at radius 2 is 1.81 bits per heavy atom. The van der Waals surface area contributed by atoms with Crippen LogP contribution in [0.3, 0.4) is 0 Å². The standard InChI is InChI=1S/C19H22O2/c20-17(14-21-18-10-2-1-3-11-18)13-16-9-6-8-15-7-4-5-12-19(15)16/h1-5,7,10-12,16-17,20H,6,8-9,13-14H2. The van der Waals surface area contributed by atoms with Crippen LogP contribution in [0.5, 0.6) is 5.75 Å². The fourth-order valence-corrected chi connectivity index (χ4v) is 3.20. The van der Waals surface area contributed by atoms with Crippen LogP contribution in [0.25, 0.3) is 0 Å². The average Bonchev–Trinajstić information content (AvgIpc) is 2.54. The Kier molecular flexibility index (Phi) is 4.56. The molecule has 2 aromatic rings. The fraction of sp³-hybridized carbons (Fsp3) is 0.368. The van der Waals surface area contributed by atoms with Gasteiger partial charge in [0.1, 0.15) is 12.4 Å². The Balaban J connectivity index is 1.57. The van der Waals surface area contributed by atoms with E-state index in [-0.39, 0.29) is 0 Å². The summed E-state index contributed by atoms with van der Waals surface area (Å²) in [6, 6.07) is 18.3. The zero-order valence-electron chi connectivity index (χ0n) is 12.2. The molecule has 0 saturated carbocycles. The number of aliphatic hydroxyl groups excluding tert-OH is 1. The summed E-state index contributed by atoms with van der Waals surface area (Å²) < 4.78 is 5.65. The molecule has 0 aliphatic heterocycles. The van der Waals surface area contributed by atoms with E-state index in [0.717, 1.165) is 12.2 Å². The molecule has 2 aromatic carbocycles. The second-order valence-electron chi connectivity index (χ2n) is 5.80. The first-order valence-corrected chi connectivity index (χ1v) is 7.76. The van der Waals surface area contributed by atoms with E-state index in [0.29, 0.717) is 12.5 Å². The lowest BCUT2D eigenvalue weighted by atomic mass is 9.80. The minimum atomic E-state index is -0.415. The van der Waals surface area contributed by atoms with Crippen LogP contribution >= 0.6 is 0 Å². The third kappa shape index (κ3) is 3.64. The first-order valence-electron chi connectivity index (χ1n) is 7.76. The van der Waals surface area contributed by atoms with E-state index in [1.165, 1.54) is 30.4 Å². The van der Waals surface area contributed by atoms with Crippen molar-refractivity contribution in [1.82, 2.24) is 0 Å². The molecule has 0 heterocycles. The fourth-order valence-electron chi connectivity index (χ4n) is 3.20. The van der Waals surface area contributed by atoms with Crippen molar-refractivity contribution in [2.75, 3.05) is 6.61 Å². The van der Waals surface area contributed by atoms with Gasteiger partial charge < -0.3 is 9.84 Å². The molecule has 1 aliphatic rings. The van der Waals surface area contributed by atoms with Crippen LogP contribution in [-0.4, -0.2) is 17.8 Å². The molecule has 0 saturated heterocycles. The van der Waals surface area contributed by atoms with Gasteiger partial charge in [-0.05, 0) is 54.9 Å². The zero-order chi connectivity index (χ0) is 14.5. The van der Waals surface area contributed by atoms with Crippen LogP contribution < -0.4 is 4.74 Å². The predicted molar refractivity (Wildman–Crippen MR) is 84.7 cm³/mol. The molecule has 0 bridgehead atoms. The maximum Gasteiger partial charge on any atom is 0.119 e. The minimum Gasteiger partial charge on any atom is -0.491 e. The zero-order valence-corrected chi connectivity index (χ0v) is 12.2. The highest BCUT2D eigenvalue weighted by Gasteiger charge is 2.22. The van der Waals surface area contributed by atoms with Gasteiger partial charge in [-0.3, -0.25) is 0 Å². The van der Waals surface area contributed by atoms with Crippen LogP contribution in [0.1, 0.15) is 36.3 Å². The van der Waals surface area contributed by atoms with Crippen molar-refractivity contribution in [2.45, 2.75) is 37.7 Å². The molecule has 2 unspecified atom stereocenters. The lowest BCUT2D eigenvalue weighted by molar-refractivity contribution is 0.0917. The van der Waals surface area contributed by atoms with Crippen molar-refractivity contribution in [1.29, 1.82) is 0 Å². The molecule has 1 N–H and O–H groups in total. The molecule has 2 nitrogen and oxygen atoms in total. The van der Waals surface area contributed by atoms with Gasteiger partial charge in [0.05, 0.1) is 6.10 Å². The van der Waals surface area contributed by atoms with Gasteiger partial charge in [-0.2, -0.15) is 0 Å². The van der Waals surface area contributed by atoms with Gasteiger partial charge in [0.2, 0.25) is 0 Å². The van der Waals surface area contributed by atoms with Crippen LogP contribution in [0.15, 0.2) is 54.6 Å². The topological polar surface area (TPSA) is 29.5 Å². The van der Waals surface area contributed by atoms with Crippen molar-refractivity contribution >= 4 is 0 Å². The third-order valence-corrected chi connectivity index (χ3v) is 4.24. The van der Waals surface area contributed by atoms with Gasteiger partial charge in [0.25, 0.3) is 0 Å². The molecule has 0 aromatic heterocycles. The Morgan fingerprint density at radius 1 is 1.05 bits per heavy atom. The first kappa shape index (κ1) is 14.2. The van der Waals surface area contributed by atoms with Gasteiger partial charge in [0, 0.05) is 0 Å². The van der Waals surface area contributed by atoms with Gasteiger partial charge in [-0.15, -0.1) is 0 Å². The van der Waals surface area contributed by atoms with E-state index >= 15 is 0 Å². The second kappa shape index (κ2) is 6.77. The molecule has 0 radical (unpaired) electrons. The van der Waals surface area contributed by atoms with Crippen LogP contribution in [-0.2, 0) is 6.42 Å². The molecule has 0 fully saturated rings. The first-order chi connectivity index (χ1) is 10.3. The Hall–Kier alpha value is -1.80. The van der Waals surface area contributed by atoms with Gasteiger partial charge >= 0.3 is 0 Å². The van der Waals surface area contributed by atoms with Crippen molar-refractivity contribution in [3.8, 4) is 5.75 Å². The summed E-state index contributed by atoms with van der Waals surface area (Å²) in [6.45, 7) is 0.364. The summed E-state index contributed by atoms with van der Waals surface area (Å²) in [7, 11) is 0. The minimum absolute atomic E-state index is 0.364. The lowest BCUT2D eigenvalue weighted by Gasteiger charge is -2.27. The highest BCUT2D eigenvalue weighted by atomic mass is 16.5. The largest absolute Gasteiger partial charge is 0.491 e. The molecule has 110 valence electrons. The van der Waals surface area contributed by atoms with E-state index < -0.39 is 6.10 Å². The normalized spacial score (nSPS) is 18.8. The van der Waals surface area contributed by atoms with Crippen molar-refractivity contribution in [2.24, 2.45) is 0 Å². The average molecular weight is 282 g/mol. The van der Waals surface area contributed by atoms with E-state index in [2.05, 4.69) is 24.3 Å². The van der Waals surface area contributed by atoms with Gasteiger partial charge in [-0.1, -0.05) is 42.5 Å². The number of rotatable bonds is 5. The highest BCUT2D eigenvalue weighted by molar-refractivity contribution is 5.32. The Labute approximate surface area is 126 Å². The van der Waals surface area contributed by atoms with Crippen molar-refractivity contribution in [3.63, 3.8) is 0 Å². The molecular formula is C19H22O2. The third-order valence-electron chi connectivity index (χ3n) is 4.24. The smallest absolute Gasteiger partial charge is 0.119 e. The lowest BCUT2D eigenvalue weighted by Crippen LogP contribution is -2.22. The quantitative estimate of drug-likeness (QED) is 0.900. The van der Waals surface area contributed by atoms with E-state index in [1.54, 1.807) is 0 Å². The summed E-state index contributed by atoms with van der Waals surface area (Å²) >= 11 is 0. The number of hydrogen-bond acceptors (Lipinski definition) is 2. The SMILES string of the molecule is OC(COc1ccccc1)CC1CCCc2ccccc21. The number of para-hydroxylation sites is 1. The van der Waals surface area contributed by atoms with Crippen molar-refractivity contribution in [3.05, 3.63) is 65.7 Å². The number of benzene rings is 2. The maximum absolute atomic E-state index is 10.3. The summed E-state index contributed by atoms with van der Waals surface area (Å²) in [6.07, 6.45) is 3.92. The monoisotopic (exact) mass is 282 g/mol. The van der Waals surface area contributed by atoms with Crippen LogP contribution in [0.2, 0.25) is 0 Å². The number of ether oxygens (including phenoxy) is 1. The Bertz CT molecular complexity index is 565. The van der Waals surface area contributed by atoms with Gasteiger partial charge in [0.15, 0.2) is 0 Å². The summed E-state index contributed by atoms with van der Waals surface area (Å²) in [5, 5.41) is 10.3. The maximum atomic E-state index is 10.3. The predicted octanol–water partition coefficient (Wildman–Crippen LogP) is 3.94. The Morgan fingerprint density at radius 3 is 2.67 bits per heavy atom. The number of aryl methyl sites for hydroxylation is 1. The highest BCUT2D eigenvalue weighted by Crippen LogP contribution is 2.34. The van der Waals surface area contributed by atoms with Crippen molar-refractivity contribution < 1.29 is 9.84 Å². The van der Waals surface area contributed by atoms with Gasteiger partial charge in [-0.25, -0.2) is 0 Å². The second-order valence-corrected chi connectivity index (χ2v) is 5.80. The van der Waals surface area contributed by atoms with E-state index in [1.807, 2.05) is 30.3 Å².